The summed E-state index contributed by atoms with van der Waals surface area (Å²) in [6, 6.07) is 6.77. The van der Waals surface area contributed by atoms with Gasteiger partial charge in [0.25, 0.3) is 0 Å². The number of likely N-dealkylation sites (N-methyl/N-ethyl adjacent to an activating group) is 1. The van der Waals surface area contributed by atoms with Gasteiger partial charge in [-0.05, 0) is 58.0 Å². The molecule has 1 saturated heterocycles. The molecule has 16 heteroatoms. The summed E-state index contributed by atoms with van der Waals surface area (Å²) in [6.07, 6.45) is 13.4. The van der Waals surface area contributed by atoms with Gasteiger partial charge in [0, 0.05) is 64.1 Å². The predicted molar refractivity (Wildman–Crippen MR) is 142 cm³/mol. The first-order valence-corrected chi connectivity index (χ1v) is 12.1. The fourth-order valence-electron chi connectivity index (χ4n) is 3.44. The van der Waals surface area contributed by atoms with Crippen LogP contribution in [0.15, 0.2) is 70.8 Å². The molecule has 2 amide bonds. The van der Waals surface area contributed by atoms with Crippen LogP contribution >= 0.6 is 0 Å². The molecule has 1 aliphatic rings. The third-order valence-corrected chi connectivity index (χ3v) is 5.56. The van der Waals surface area contributed by atoms with E-state index < -0.39 is 11.4 Å². The molecule has 206 valence electrons. The van der Waals surface area contributed by atoms with Crippen molar-refractivity contribution in [3.63, 3.8) is 0 Å². The summed E-state index contributed by atoms with van der Waals surface area (Å²) in [7, 11) is 3.23. The molecule has 5 heterocycles. The second kappa shape index (κ2) is 12.8. The van der Waals surface area contributed by atoms with Crippen LogP contribution in [-0.4, -0.2) is 98.3 Å². The van der Waals surface area contributed by atoms with Gasteiger partial charge in [0.05, 0.1) is 23.8 Å². The van der Waals surface area contributed by atoms with Crippen LogP contribution in [0.1, 0.15) is 12.8 Å². The van der Waals surface area contributed by atoms with Crippen LogP contribution in [0.5, 0.6) is 0 Å². The highest BCUT2D eigenvalue weighted by molar-refractivity contribution is 5.90. The number of pyridine rings is 2. The Labute approximate surface area is 227 Å². The van der Waals surface area contributed by atoms with E-state index in [4.69, 9.17) is 0 Å². The van der Waals surface area contributed by atoms with Crippen molar-refractivity contribution in [3.8, 4) is 11.4 Å². The van der Waals surface area contributed by atoms with Gasteiger partial charge in [-0.2, -0.15) is 18.7 Å². The normalized spacial score (nSPS) is 13.0. The van der Waals surface area contributed by atoms with Gasteiger partial charge in [-0.25, -0.2) is 9.59 Å². The topological polar surface area (TPSA) is 172 Å². The Kier molecular flexibility index (Phi) is 8.81. The minimum Gasteiger partial charge on any atom is -0.345 e. The number of amides is 2. The molecule has 0 N–H and O–H groups in total. The highest BCUT2D eigenvalue weighted by atomic mass is 16.2. The number of hydrogen-bond acceptors (Lipinski definition) is 10. The van der Waals surface area contributed by atoms with E-state index in [1.807, 2.05) is 0 Å². The Bertz CT molecular complexity index is 1610. The Morgan fingerprint density at radius 3 is 1.73 bits per heavy atom. The van der Waals surface area contributed by atoms with Crippen molar-refractivity contribution in [2.75, 3.05) is 27.2 Å². The molecule has 0 aromatic carbocycles. The molecular weight excluding hydrogens is 520 g/mol. The lowest BCUT2D eigenvalue weighted by Crippen LogP contribution is -2.26. The maximum Gasteiger partial charge on any atom is 0.372 e. The van der Waals surface area contributed by atoms with Gasteiger partial charge in [-0.3, -0.25) is 19.6 Å². The smallest absolute Gasteiger partial charge is 0.345 e. The average Bonchev–Trinajstić information content (AvgIpc) is 3.73. The third-order valence-electron chi connectivity index (χ3n) is 5.56. The molecule has 0 bridgehead atoms. The Morgan fingerprint density at radius 2 is 1.27 bits per heavy atom. The number of nitrogens with zero attached hydrogens (tertiary/aromatic N) is 12. The standard InChI is InChI=1S/C13H14N6O2.C11H12N6O2/c20-12(17-7-1-2-8-17)5-9-18-13(21)19(16-15-18)11-4-3-6-14-10-11;1-15(2)10(18)5-7-16-11(19)17(14-13-16)9-4-3-6-12-8-9/h3-6,9-10H,1-2,7-8H2;3-8H,1-2H3/b9-5+;7-5+. The highest BCUT2D eigenvalue weighted by Gasteiger charge is 2.15. The summed E-state index contributed by atoms with van der Waals surface area (Å²) in [6.45, 7) is 1.53. The van der Waals surface area contributed by atoms with E-state index in [9.17, 15) is 19.2 Å². The summed E-state index contributed by atoms with van der Waals surface area (Å²) in [4.78, 5) is 58.2. The van der Waals surface area contributed by atoms with E-state index in [1.165, 1.54) is 41.8 Å². The molecule has 4 aromatic heterocycles. The van der Waals surface area contributed by atoms with Crippen molar-refractivity contribution in [1.82, 2.24) is 59.3 Å². The van der Waals surface area contributed by atoms with Crippen molar-refractivity contribution < 1.29 is 9.59 Å². The van der Waals surface area contributed by atoms with E-state index in [0.717, 1.165) is 44.7 Å². The summed E-state index contributed by atoms with van der Waals surface area (Å²) >= 11 is 0. The summed E-state index contributed by atoms with van der Waals surface area (Å²) in [5.41, 5.74) is 0.100. The molecule has 4 aromatic rings. The van der Waals surface area contributed by atoms with E-state index in [1.54, 1.807) is 55.7 Å². The number of carbonyl (C=O) groups is 2. The first-order valence-electron chi connectivity index (χ1n) is 12.1. The van der Waals surface area contributed by atoms with Gasteiger partial charge in [-0.15, -0.1) is 0 Å². The van der Waals surface area contributed by atoms with Crippen LogP contribution in [-0.2, 0) is 9.59 Å². The van der Waals surface area contributed by atoms with Crippen LogP contribution in [0.25, 0.3) is 23.8 Å². The lowest BCUT2D eigenvalue weighted by atomic mass is 10.4. The van der Waals surface area contributed by atoms with Gasteiger partial charge in [0.2, 0.25) is 11.8 Å². The molecule has 1 fully saturated rings. The van der Waals surface area contributed by atoms with E-state index in [2.05, 4.69) is 30.8 Å². The maximum atomic E-state index is 12.1. The second-order valence-electron chi connectivity index (χ2n) is 8.55. The molecule has 40 heavy (non-hydrogen) atoms. The number of likely N-dealkylation sites (tertiary alicyclic amines) is 1. The van der Waals surface area contributed by atoms with Gasteiger partial charge in [0.1, 0.15) is 0 Å². The SMILES string of the molecule is CN(C)C(=O)/C=C/n1nnn(-c2cccnc2)c1=O.O=C(/C=C/n1nnn(-c2cccnc2)c1=O)N1CCCC1. The second-order valence-corrected chi connectivity index (χ2v) is 8.55. The molecule has 16 nitrogen and oxygen atoms in total. The highest BCUT2D eigenvalue weighted by Crippen LogP contribution is 2.07. The Balaban J connectivity index is 0.000000186. The van der Waals surface area contributed by atoms with E-state index in [-0.39, 0.29) is 11.8 Å². The van der Waals surface area contributed by atoms with Gasteiger partial charge in [0.15, 0.2) is 0 Å². The van der Waals surface area contributed by atoms with Crippen molar-refractivity contribution in [1.29, 1.82) is 0 Å². The van der Waals surface area contributed by atoms with Crippen molar-refractivity contribution in [2.45, 2.75) is 12.8 Å². The van der Waals surface area contributed by atoms with Crippen LogP contribution in [0.2, 0.25) is 0 Å². The van der Waals surface area contributed by atoms with Gasteiger partial charge in [-0.1, -0.05) is 0 Å². The summed E-state index contributed by atoms with van der Waals surface area (Å²) in [5, 5.41) is 14.8. The minimum absolute atomic E-state index is 0.115. The van der Waals surface area contributed by atoms with Crippen molar-refractivity contribution in [2.24, 2.45) is 0 Å². The zero-order valence-corrected chi connectivity index (χ0v) is 21.8. The van der Waals surface area contributed by atoms with Crippen LogP contribution in [0, 0.1) is 0 Å². The van der Waals surface area contributed by atoms with Crippen molar-refractivity contribution in [3.05, 3.63) is 82.2 Å². The fraction of sp³-hybridized carbons (Fsp3) is 0.250. The number of rotatable bonds is 6. The first kappa shape index (κ1) is 27.5. The molecule has 0 radical (unpaired) electrons. The molecule has 1 aliphatic heterocycles. The lowest BCUT2D eigenvalue weighted by molar-refractivity contribution is -0.125. The summed E-state index contributed by atoms with van der Waals surface area (Å²) in [5.74, 6) is -0.363. The van der Waals surface area contributed by atoms with E-state index >= 15 is 0 Å². The molecule has 0 aliphatic carbocycles. The number of hydrogen-bond donors (Lipinski definition) is 0. The lowest BCUT2D eigenvalue weighted by Gasteiger charge is -2.11. The third kappa shape index (κ3) is 6.66. The van der Waals surface area contributed by atoms with Gasteiger partial charge >= 0.3 is 11.4 Å². The minimum atomic E-state index is -0.476. The first-order chi connectivity index (χ1) is 19.3. The molecule has 0 atom stereocenters. The molecular formula is C24H26N12O4. The zero-order chi connectivity index (χ0) is 28.5. The van der Waals surface area contributed by atoms with Crippen LogP contribution < -0.4 is 11.4 Å². The quantitative estimate of drug-likeness (QED) is 0.282. The largest absolute Gasteiger partial charge is 0.372 e. The molecule has 0 saturated carbocycles. The van der Waals surface area contributed by atoms with Gasteiger partial charge < -0.3 is 9.80 Å². The van der Waals surface area contributed by atoms with Crippen molar-refractivity contribution >= 4 is 24.2 Å². The summed E-state index contributed by atoms with van der Waals surface area (Å²) < 4.78 is 4.23. The predicted octanol–water partition coefficient (Wildman–Crippen LogP) is -0.700. The molecule has 0 spiro atoms. The van der Waals surface area contributed by atoms with Crippen LogP contribution in [0.4, 0.5) is 0 Å². The monoisotopic (exact) mass is 546 g/mol. The maximum absolute atomic E-state index is 12.1. The number of tetrazole rings is 2. The molecule has 0 unspecified atom stereocenters. The van der Waals surface area contributed by atoms with E-state index in [0.29, 0.717) is 11.4 Å². The fourth-order valence-corrected chi connectivity index (χ4v) is 3.44. The number of aromatic nitrogens is 10. The zero-order valence-electron chi connectivity index (χ0n) is 21.8. The number of carbonyl (C=O) groups excluding carboxylic acids is 2. The Hall–Kier alpha value is -5.54. The average molecular weight is 547 g/mol. The Morgan fingerprint density at radius 1 is 0.775 bits per heavy atom. The van der Waals surface area contributed by atoms with Crippen LogP contribution in [0.3, 0.4) is 0 Å². The molecule has 5 rings (SSSR count).